The lowest BCUT2D eigenvalue weighted by atomic mass is 10.1. The van der Waals surface area contributed by atoms with Gasteiger partial charge in [-0.1, -0.05) is 11.6 Å². The van der Waals surface area contributed by atoms with Gasteiger partial charge in [-0.3, -0.25) is 4.79 Å². The Morgan fingerprint density at radius 2 is 2.16 bits per heavy atom. The third-order valence-corrected chi connectivity index (χ3v) is 3.01. The van der Waals surface area contributed by atoms with Crippen LogP contribution in [0.25, 0.3) is 0 Å². The molecule has 0 bridgehead atoms. The highest BCUT2D eigenvalue weighted by Crippen LogP contribution is 2.38. The Hall–Kier alpha value is -1.46. The average Bonchev–Trinajstić information content (AvgIpc) is 2.37. The fourth-order valence-electron chi connectivity index (χ4n) is 1.93. The standard InChI is InChI=1S/C13H16ClNO4/c1-8(16)7-15(2)13(17)9-5-10(14)12-11(6-9)18-3-4-19-12/h5-6,8,16H,3-4,7H2,1-2H3. The number of halogens is 1. The van der Waals surface area contributed by atoms with Crippen LogP contribution in [0.3, 0.4) is 0 Å². The maximum Gasteiger partial charge on any atom is 0.253 e. The molecule has 1 aliphatic rings. The van der Waals surface area contributed by atoms with Crippen LogP contribution in [0.2, 0.25) is 5.02 Å². The normalized spacial score (nSPS) is 14.9. The zero-order chi connectivity index (χ0) is 14.0. The Morgan fingerprint density at radius 1 is 1.47 bits per heavy atom. The Balaban J connectivity index is 2.25. The Morgan fingerprint density at radius 3 is 2.84 bits per heavy atom. The fraction of sp³-hybridized carbons (Fsp3) is 0.462. The van der Waals surface area contributed by atoms with E-state index in [-0.39, 0.29) is 12.5 Å². The van der Waals surface area contributed by atoms with Gasteiger partial charge < -0.3 is 19.5 Å². The number of hydrogen-bond acceptors (Lipinski definition) is 4. The maximum absolute atomic E-state index is 12.2. The number of benzene rings is 1. The van der Waals surface area contributed by atoms with Gasteiger partial charge in [0.1, 0.15) is 13.2 Å². The van der Waals surface area contributed by atoms with Crippen molar-refractivity contribution >= 4 is 17.5 Å². The molecule has 0 saturated heterocycles. The number of amides is 1. The van der Waals surface area contributed by atoms with Crippen LogP contribution in [0.1, 0.15) is 17.3 Å². The van der Waals surface area contributed by atoms with E-state index in [4.69, 9.17) is 21.1 Å². The minimum atomic E-state index is -0.582. The summed E-state index contributed by atoms with van der Waals surface area (Å²) in [6.45, 7) is 2.76. The van der Waals surface area contributed by atoms with E-state index in [0.717, 1.165) is 0 Å². The zero-order valence-electron chi connectivity index (χ0n) is 10.9. The molecule has 19 heavy (non-hydrogen) atoms. The van der Waals surface area contributed by atoms with Crippen molar-refractivity contribution in [3.8, 4) is 11.5 Å². The van der Waals surface area contributed by atoms with Gasteiger partial charge in [-0.05, 0) is 19.1 Å². The van der Waals surface area contributed by atoms with Crippen molar-refractivity contribution in [3.63, 3.8) is 0 Å². The van der Waals surface area contributed by atoms with E-state index in [1.165, 1.54) is 4.90 Å². The van der Waals surface area contributed by atoms with E-state index in [1.54, 1.807) is 26.1 Å². The summed E-state index contributed by atoms with van der Waals surface area (Å²) in [7, 11) is 1.62. The highest BCUT2D eigenvalue weighted by Gasteiger charge is 2.21. The third kappa shape index (κ3) is 3.11. The first-order valence-electron chi connectivity index (χ1n) is 6.01. The molecule has 104 valence electrons. The van der Waals surface area contributed by atoms with Gasteiger partial charge in [0, 0.05) is 19.2 Å². The molecule has 0 aromatic heterocycles. The van der Waals surface area contributed by atoms with Crippen molar-refractivity contribution in [3.05, 3.63) is 22.7 Å². The monoisotopic (exact) mass is 285 g/mol. The van der Waals surface area contributed by atoms with E-state index in [2.05, 4.69) is 0 Å². The first-order chi connectivity index (χ1) is 8.99. The molecule has 0 radical (unpaired) electrons. The first-order valence-corrected chi connectivity index (χ1v) is 6.39. The topological polar surface area (TPSA) is 59.0 Å². The molecule has 1 amide bonds. The second-order valence-corrected chi connectivity index (χ2v) is 4.92. The van der Waals surface area contributed by atoms with Gasteiger partial charge in [-0.2, -0.15) is 0 Å². The van der Waals surface area contributed by atoms with Crippen molar-refractivity contribution in [1.29, 1.82) is 0 Å². The molecule has 1 N–H and O–H groups in total. The first kappa shape index (κ1) is 14.0. The van der Waals surface area contributed by atoms with E-state index >= 15 is 0 Å². The van der Waals surface area contributed by atoms with Crippen molar-refractivity contribution in [2.24, 2.45) is 0 Å². The fourth-order valence-corrected chi connectivity index (χ4v) is 2.20. The van der Waals surface area contributed by atoms with Gasteiger partial charge in [-0.15, -0.1) is 0 Å². The number of nitrogens with zero attached hydrogens (tertiary/aromatic N) is 1. The van der Waals surface area contributed by atoms with Gasteiger partial charge >= 0.3 is 0 Å². The van der Waals surface area contributed by atoms with Crippen LogP contribution in [-0.2, 0) is 0 Å². The predicted octanol–water partition coefficient (Wildman–Crippen LogP) is 1.56. The van der Waals surface area contributed by atoms with Gasteiger partial charge in [-0.25, -0.2) is 0 Å². The molecule has 1 aromatic rings. The summed E-state index contributed by atoms with van der Waals surface area (Å²) in [5, 5.41) is 9.65. The molecule has 2 rings (SSSR count). The van der Waals surface area contributed by atoms with Crippen LogP contribution in [-0.4, -0.2) is 48.8 Å². The molecule has 1 atom stereocenters. The number of carbonyl (C=O) groups excluding carboxylic acids is 1. The van der Waals surface area contributed by atoms with Crippen LogP contribution < -0.4 is 9.47 Å². The van der Waals surface area contributed by atoms with E-state index in [1.807, 2.05) is 0 Å². The number of fused-ring (bicyclic) bond motifs is 1. The molecule has 5 nitrogen and oxygen atoms in total. The quantitative estimate of drug-likeness (QED) is 0.916. The number of hydrogen-bond donors (Lipinski definition) is 1. The van der Waals surface area contributed by atoms with E-state index in [0.29, 0.717) is 35.3 Å². The summed E-state index contributed by atoms with van der Waals surface area (Å²) < 4.78 is 10.8. The van der Waals surface area contributed by atoms with Crippen LogP contribution in [0.15, 0.2) is 12.1 Å². The molecule has 1 unspecified atom stereocenters. The summed E-state index contributed by atoms with van der Waals surface area (Å²) in [6, 6.07) is 3.16. The molecule has 1 aromatic carbocycles. The number of likely N-dealkylation sites (N-methyl/N-ethyl adjacent to an activating group) is 1. The van der Waals surface area contributed by atoms with Gasteiger partial charge in [0.15, 0.2) is 11.5 Å². The average molecular weight is 286 g/mol. The molecule has 1 heterocycles. The van der Waals surface area contributed by atoms with Crippen molar-refractivity contribution in [1.82, 2.24) is 4.90 Å². The number of aliphatic hydroxyl groups is 1. The SMILES string of the molecule is CC(O)CN(C)C(=O)c1cc(Cl)c2c(c1)OCCO2. The molecule has 0 fully saturated rings. The smallest absolute Gasteiger partial charge is 0.253 e. The lowest BCUT2D eigenvalue weighted by molar-refractivity contribution is 0.0702. The molecule has 0 aliphatic carbocycles. The van der Waals surface area contributed by atoms with E-state index < -0.39 is 6.10 Å². The largest absolute Gasteiger partial charge is 0.486 e. The second-order valence-electron chi connectivity index (χ2n) is 4.52. The van der Waals surface area contributed by atoms with Crippen LogP contribution in [0, 0.1) is 0 Å². The summed E-state index contributed by atoms with van der Waals surface area (Å²) in [5.74, 6) is 0.731. The van der Waals surface area contributed by atoms with Crippen LogP contribution in [0.4, 0.5) is 0 Å². The van der Waals surface area contributed by atoms with E-state index in [9.17, 15) is 9.90 Å². The lowest BCUT2D eigenvalue weighted by Crippen LogP contribution is -2.33. The molecule has 6 heteroatoms. The molecule has 0 saturated carbocycles. The maximum atomic E-state index is 12.2. The Labute approximate surface area is 116 Å². The predicted molar refractivity (Wildman–Crippen MR) is 71.1 cm³/mol. The molecular weight excluding hydrogens is 270 g/mol. The molecule has 0 spiro atoms. The number of rotatable bonds is 3. The Kier molecular flexibility index (Phi) is 4.17. The van der Waals surface area contributed by atoms with Crippen molar-refractivity contribution < 1.29 is 19.4 Å². The number of ether oxygens (including phenoxy) is 2. The minimum absolute atomic E-state index is 0.222. The lowest BCUT2D eigenvalue weighted by Gasteiger charge is -2.22. The minimum Gasteiger partial charge on any atom is -0.486 e. The van der Waals surface area contributed by atoms with Crippen molar-refractivity contribution in [2.45, 2.75) is 13.0 Å². The molecule has 1 aliphatic heterocycles. The van der Waals surface area contributed by atoms with Gasteiger partial charge in [0.2, 0.25) is 0 Å². The summed E-state index contributed by atoms with van der Waals surface area (Å²) in [6.07, 6.45) is -0.582. The summed E-state index contributed by atoms with van der Waals surface area (Å²) >= 11 is 6.08. The zero-order valence-corrected chi connectivity index (χ0v) is 11.6. The third-order valence-electron chi connectivity index (χ3n) is 2.73. The Bertz CT molecular complexity index is 490. The van der Waals surface area contributed by atoms with Crippen molar-refractivity contribution in [2.75, 3.05) is 26.8 Å². The second kappa shape index (κ2) is 5.67. The van der Waals surface area contributed by atoms with Crippen LogP contribution >= 0.6 is 11.6 Å². The highest BCUT2D eigenvalue weighted by molar-refractivity contribution is 6.32. The van der Waals surface area contributed by atoms with Gasteiger partial charge in [0.25, 0.3) is 5.91 Å². The molecular formula is C13H16ClNO4. The summed E-state index contributed by atoms with van der Waals surface area (Å²) in [4.78, 5) is 13.6. The van der Waals surface area contributed by atoms with Gasteiger partial charge in [0.05, 0.1) is 11.1 Å². The van der Waals surface area contributed by atoms with Crippen LogP contribution in [0.5, 0.6) is 11.5 Å². The highest BCUT2D eigenvalue weighted by atomic mass is 35.5. The number of aliphatic hydroxyl groups excluding tert-OH is 1. The summed E-state index contributed by atoms with van der Waals surface area (Å²) in [5.41, 5.74) is 0.414. The number of carbonyl (C=O) groups is 1.